The smallest absolute Gasteiger partial charge is 0.257 e. The van der Waals surface area contributed by atoms with Crippen molar-refractivity contribution in [1.29, 1.82) is 0 Å². The third-order valence-corrected chi connectivity index (χ3v) is 4.02. The third kappa shape index (κ3) is 1.99. The van der Waals surface area contributed by atoms with Crippen molar-refractivity contribution < 1.29 is 14.3 Å². The Morgan fingerprint density at radius 1 is 1.22 bits per heavy atom. The molecule has 23 heavy (non-hydrogen) atoms. The average Bonchev–Trinajstić information content (AvgIpc) is 3.18. The van der Waals surface area contributed by atoms with E-state index in [0.29, 0.717) is 39.8 Å². The first-order valence-corrected chi connectivity index (χ1v) is 7.29. The van der Waals surface area contributed by atoms with Crippen LogP contribution in [-0.2, 0) is 0 Å². The Balaban J connectivity index is 2.09. The molecule has 1 aliphatic heterocycles. The average molecular weight is 311 g/mol. The number of hydrogen-bond acceptors (Lipinski definition) is 3. The number of H-pyrrole nitrogens is 1. The number of aromatic amines is 1. The van der Waals surface area contributed by atoms with Gasteiger partial charge in [0.1, 0.15) is 5.82 Å². The minimum Gasteiger partial charge on any atom is -0.395 e. The Morgan fingerprint density at radius 3 is 2.83 bits per heavy atom. The van der Waals surface area contributed by atoms with E-state index in [1.165, 1.54) is 6.07 Å². The predicted molar refractivity (Wildman–Crippen MR) is 87.2 cm³/mol. The number of aliphatic hydroxyl groups is 1. The monoisotopic (exact) mass is 311 g/mol. The second kappa shape index (κ2) is 5.10. The summed E-state index contributed by atoms with van der Waals surface area (Å²) in [6.45, 7) is 0.225. The van der Waals surface area contributed by atoms with Crippen LogP contribution >= 0.6 is 0 Å². The highest BCUT2D eigenvalue weighted by molar-refractivity contribution is 6.28. The second-order valence-corrected chi connectivity index (χ2v) is 5.38. The molecule has 0 atom stereocenters. The van der Waals surface area contributed by atoms with E-state index in [-0.39, 0.29) is 12.5 Å². The molecule has 3 aromatic rings. The topological polar surface area (TPSA) is 77.2 Å². The van der Waals surface area contributed by atoms with Crippen LogP contribution in [0, 0.1) is 5.82 Å². The number of hydrogen-bond donors (Lipinski definition) is 4. The molecule has 1 amide bonds. The highest BCUT2D eigenvalue weighted by Gasteiger charge is 2.29. The van der Waals surface area contributed by atoms with Crippen molar-refractivity contribution in [3.8, 4) is 11.3 Å². The van der Waals surface area contributed by atoms with E-state index in [9.17, 15) is 9.18 Å². The summed E-state index contributed by atoms with van der Waals surface area (Å²) in [5, 5.41) is 15.8. The van der Waals surface area contributed by atoms with Gasteiger partial charge in [-0.2, -0.15) is 0 Å². The molecule has 4 N–H and O–H groups in total. The molecule has 0 bridgehead atoms. The zero-order chi connectivity index (χ0) is 16.0. The molecular formula is C17H14FN3O2. The van der Waals surface area contributed by atoms with E-state index < -0.39 is 5.82 Å². The number of carbonyl (C=O) groups is 1. The van der Waals surface area contributed by atoms with Crippen LogP contribution in [0.25, 0.3) is 22.0 Å². The van der Waals surface area contributed by atoms with E-state index in [4.69, 9.17) is 5.11 Å². The summed E-state index contributed by atoms with van der Waals surface area (Å²) in [5.74, 6) is -0.645. The van der Waals surface area contributed by atoms with Crippen LogP contribution in [0.2, 0.25) is 0 Å². The summed E-state index contributed by atoms with van der Waals surface area (Å²) in [5.41, 5.74) is 3.10. The number of benzene rings is 2. The Morgan fingerprint density at radius 2 is 2.09 bits per heavy atom. The van der Waals surface area contributed by atoms with Gasteiger partial charge in [0.2, 0.25) is 0 Å². The van der Waals surface area contributed by atoms with Crippen molar-refractivity contribution in [2.45, 2.75) is 0 Å². The van der Waals surface area contributed by atoms with Crippen LogP contribution in [-0.4, -0.2) is 29.1 Å². The number of amides is 1. The van der Waals surface area contributed by atoms with Crippen molar-refractivity contribution >= 4 is 28.1 Å². The summed E-state index contributed by atoms with van der Waals surface area (Å²) in [6.07, 6.45) is 1.77. The van der Waals surface area contributed by atoms with Gasteiger partial charge in [0.25, 0.3) is 5.91 Å². The van der Waals surface area contributed by atoms with Gasteiger partial charge < -0.3 is 20.7 Å². The number of aromatic nitrogens is 1. The Kier molecular flexibility index (Phi) is 3.06. The fraction of sp³-hybridized carbons (Fsp3) is 0.118. The molecule has 0 saturated carbocycles. The molecule has 2 aromatic carbocycles. The molecule has 2 heterocycles. The summed E-state index contributed by atoms with van der Waals surface area (Å²) in [6, 6.07) is 8.35. The summed E-state index contributed by atoms with van der Waals surface area (Å²) in [4.78, 5) is 15.5. The molecule has 0 fully saturated rings. The molecular weight excluding hydrogens is 297 g/mol. The van der Waals surface area contributed by atoms with Crippen molar-refractivity contribution in [1.82, 2.24) is 4.98 Å². The molecule has 116 valence electrons. The first-order valence-electron chi connectivity index (χ1n) is 7.29. The Labute approximate surface area is 131 Å². The summed E-state index contributed by atoms with van der Waals surface area (Å²) in [7, 11) is 0. The van der Waals surface area contributed by atoms with E-state index in [1.54, 1.807) is 18.3 Å². The maximum atomic E-state index is 14.4. The van der Waals surface area contributed by atoms with E-state index in [0.717, 1.165) is 5.69 Å². The maximum absolute atomic E-state index is 14.4. The zero-order valence-corrected chi connectivity index (χ0v) is 12.1. The lowest BCUT2D eigenvalue weighted by Crippen LogP contribution is -2.08. The van der Waals surface area contributed by atoms with Crippen LogP contribution in [0.4, 0.5) is 15.8 Å². The lowest BCUT2D eigenvalue weighted by atomic mass is 9.96. The number of carbonyl (C=O) groups excluding carboxylic acids is 1. The Bertz CT molecular complexity index is 919. The SMILES string of the molecule is O=C1Nc2ccc(F)c3c(NCCO)cc(-c4ccc[nH]4)c1c23. The first-order chi connectivity index (χ1) is 11.2. The molecule has 0 aliphatic carbocycles. The second-order valence-electron chi connectivity index (χ2n) is 5.38. The summed E-state index contributed by atoms with van der Waals surface area (Å²) < 4.78 is 14.4. The number of nitrogens with one attached hydrogen (secondary N) is 3. The van der Waals surface area contributed by atoms with Gasteiger partial charge in [0.05, 0.1) is 12.2 Å². The van der Waals surface area contributed by atoms with Crippen LogP contribution in [0.5, 0.6) is 0 Å². The fourth-order valence-electron chi connectivity index (χ4n) is 3.09. The lowest BCUT2D eigenvalue weighted by molar-refractivity contribution is 0.103. The van der Waals surface area contributed by atoms with Gasteiger partial charge in [0, 0.05) is 46.1 Å². The molecule has 0 unspecified atom stereocenters. The van der Waals surface area contributed by atoms with Crippen molar-refractivity contribution in [2.24, 2.45) is 0 Å². The zero-order valence-electron chi connectivity index (χ0n) is 12.1. The van der Waals surface area contributed by atoms with Gasteiger partial charge in [-0.05, 0) is 30.3 Å². The normalized spacial score (nSPS) is 12.7. The van der Waals surface area contributed by atoms with Crippen molar-refractivity contribution in [2.75, 3.05) is 23.8 Å². The quantitative estimate of drug-likeness (QED) is 0.598. The van der Waals surface area contributed by atoms with Gasteiger partial charge >= 0.3 is 0 Å². The molecule has 0 saturated heterocycles. The predicted octanol–water partition coefficient (Wildman–Crippen LogP) is 2.94. The van der Waals surface area contributed by atoms with Gasteiger partial charge in [-0.1, -0.05) is 0 Å². The third-order valence-electron chi connectivity index (χ3n) is 4.02. The molecule has 5 nitrogen and oxygen atoms in total. The van der Waals surface area contributed by atoms with Crippen LogP contribution in [0.1, 0.15) is 10.4 Å². The van der Waals surface area contributed by atoms with E-state index >= 15 is 0 Å². The van der Waals surface area contributed by atoms with E-state index in [2.05, 4.69) is 15.6 Å². The first kappa shape index (κ1) is 13.8. The molecule has 1 aliphatic rings. The lowest BCUT2D eigenvalue weighted by Gasteiger charge is -2.14. The highest BCUT2D eigenvalue weighted by Crippen LogP contribution is 2.43. The molecule has 1 aromatic heterocycles. The van der Waals surface area contributed by atoms with Gasteiger partial charge in [-0.3, -0.25) is 4.79 Å². The molecule has 0 spiro atoms. The minimum atomic E-state index is -0.403. The van der Waals surface area contributed by atoms with E-state index in [1.807, 2.05) is 12.1 Å². The Hall–Kier alpha value is -2.86. The minimum absolute atomic E-state index is 0.0699. The maximum Gasteiger partial charge on any atom is 0.257 e. The van der Waals surface area contributed by atoms with Crippen LogP contribution in [0.15, 0.2) is 36.5 Å². The van der Waals surface area contributed by atoms with Gasteiger partial charge in [-0.15, -0.1) is 0 Å². The van der Waals surface area contributed by atoms with Crippen LogP contribution in [0.3, 0.4) is 0 Å². The van der Waals surface area contributed by atoms with Crippen LogP contribution < -0.4 is 10.6 Å². The largest absolute Gasteiger partial charge is 0.395 e. The standard InChI is InChI=1S/C17H14FN3O2/c18-10-3-4-12-16-14(17(23)21-12)9(11-2-1-5-19-11)8-13(15(10)16)20-6-7-22/h1-5,8,19-20,22H,6-7H2,(H,21,23). The number of anilines is 2. The summed E-state index contributed by atoms with van der Waals surface area (Å²) >= 11 is 0. The molecule has 6 heteroatoms. The van der Waals surface area contributed by atoms with Crippen molar-refractivity contribution in [3.63, 3.8) is 0 Å². The number of halogens is 1. The van der Waals surface area contributed by atoms with Crippen molar-refractivity contribution in [3.05, 3.63) is 47.9 Å². The molecule has 0 radical (unpaired) electrons. The fourth-order valence-corrected chi connectivity index (χ4v) is 3.09. The number of aliphatic hydroxyl groups excluding tert-OH is 1. The van der Waals surface area contributed by atoms with Gasteiger partial charge in [-0.25, -0.2) is 4.39 Å². The number of rotatable bonds is 4. The molecule has 4 rings (SSSR count). The van der Waals surface area contributed by atoms with Gasteiger partial charge in [0.15, 0.2) is 0 Å². The highest BCUT2D eigenvalue weighted by atomic mass is 19.1.